The van der Waals surface area contributed by atoms with Crippen molar-refractivity contribution in [1.82, 2.24) is 20.3 Å². The fourth-order valence-corrected chi connectivity index (χ4v) is 1.92. The smallest absolute Gasteiger partial charge is 0.251 e. The van der Waals surface area contributed by atoms with Crippen molar-refractivity contribution in [2.75, 3.05) is 18.9 Å². The molecule has 0 radical (unpaired) electrons. The fraction of sp³-hybridized carbons (Fsp3) is 0.357. The molecule has 2 aromatic rings. The van der Waals surface area contributed by atoms with Gasteiger partial charge in [0.15, 0.2) is 0 Å². The van der Waals surface area contributed by atoms with Gasteiger partial charge in [-0.3, -0.25) is 4.79 Å². The molecule has 3 N–H and O–H groups in total. The van der Waals surface area contributed by atoms with Crippen LogP contribution in [0, 0.1) is 6.92 Å². The lowest BCUT2D eigenvalue weighted by atomic mass is 10.2. The minimum absolute atomic E-state index is 0.0774. The number of nitrogens with zero attached hydrogens (tertiary/aromatic N) is 2. The number of carbonyl (C=O) groups is 1. The van der Waals surface area contributed by atoms with Gasteiger partial charge in [0.25, 0.3) is 5.91 Å². The number of aromatic amines is 1. The molecule has 0 atom stereocenters. The van der Waals surface area contributed by atoms with Crippen LogP contribution in [0.2, 0.25) is 0 Å². The molecule has 0 spiro atoms. The predicted molar refractivity (Wildman–Crippen MR) is 77.8 cm³/mol. The van der Waals surface area contributed by atoms with Crippen molar-refractivity contribution in [3.05, 3.63) is 41.6 Å². The first kappa shape index (κ1) is 14.0. The highest BCUT2D eigenvalue weighted by Gasteiger charge is 2.07. The zero-order valence-electron chi connectivity index (χ0n) is 11.7. The molecule has 0 aliphatic heterocycles. The summed E-state index contributed by atoms with van der Waals surface area (Å²) in [5, 5.41) is 5.85. The van der Waals surface area contributed by atoms with Crippen molar-refractivity contribution < 1.29 is 4.79 Å². The van der Waals surface area contributed by atoms with Gasteiger partial charge >= 0.3 is 0 Å². The molecule has 106 valence electrons. The molecule has 0 aliphatic carbocycles. The van der Waals surface area contributed by atoms with E-state index in [0.717, 1.165) is 24.4 Å². The third-order valence-electron chi connectivity index (χ3n) is 2.90. The van der Waals surface area contributed by atoms with Crippen molar-refractivity contribution >= 4 is 11.7 Å². The average molecular weight is 273 g/mol. The van der Waals surface area contributed by atoms with E-state index >= 15 is 0 Å². The number of amides is 1. The van der Waals surface area contributed by atoms with Crippen molar-refractivity contribution in [2.45, 2.75) is 19.8 Å². The lowest BCUT2D eigenvalue weighted by molar-refractivity contribution is 0.0953. The lowest BCUT2D eigenvalue weighted by Gasteiger charge is -2.07. The number of hydrogen-bond acceptors (Lipinski definition) is 4. The Labute approximate surface area is 118 Å². The van der Waals surface area contributed by atoms with Gasteiger partial charge in [-0.2, -0.15) is 0 Å². The van der Waals surface area contributed by atoms with Gasteiger partial charge < -0.3 is 15.6 Å². The minimum atomic E-state index is -0.0774. The summed E-state index contributed by atoms with van der Waals surface area (Å²) in [4.78, 5) is 23.5. The van der Waals surface area contributed by atoms with Gasteiger partial charge in [0.05, 0.1) is 0 Å². The molecular weight excluding hydrogens is 254 g/mol. The highest BCUT2D eigenvalue weighted by Crippen LogP contribution is 2.09. The van der Waals surface area contributed by atoms with E-state index in [-0.39, 0.29) is 5.91 Å². The van der Waals surface area contributed by atoms with E-state index in [1.54, 1.807) is 31.6 Å². The molecule has 0 aromatic carbocycles. The van der Waals surface area contributed by atoms with E-state index in [1.165, 1.54) is 0 Å². The van der Waals surface area contributed by atoms with Crippen LogP contribution in [0.4, 0.5) is 5.82 Å². The number of aromatic nitrogens is 3. The normalized spacial score (nSPS) is 10.3. The van der Waals surface area contributed by atoms with Gasteiger partial charge in [-0.15, -0.1) is 0 Å². The maximum atomic E-state index is 12.0. The molecule has 0 aliphatic rings. The zero-order chi connectivity index (χ0) is 14.4. The Balaban J connectivity index is 1.83. The number of nitrogens with one attached hydrogen (secondary N) is 3. The molecule has 6 nitrogen and oxygen atoms in total. The number of rotatable bonds is 6. The zero-order valence-corrected chi connectivity index (χ0v) is 11.7. The SMILES string of the molecule is CNc1cc(C(=O)NCCCc2ncc[nH]2)cc(C)n1. The summed E-state index contributed by atoms with van der Waals surface area (Å²) in [5.74, 6) is 1.56. The predicted octanol–water partition coefficient (Wildman–Crippen LogP) is 1.52. The molecule has 1 amide bonds. The molecule has 0 fully saturated rings. The van der Waals surface area contributed by atoms with Crippen molar-refractivity contribution in [2.24, 2.45) is 0 Å². The monoisotopic (exact) mass is 273 g/mol. The molecular formula is C14H19N5O. The second kappa shape index (κ2) is 6.70. The van der Waals surface area contributed by atoms with Crippen molar-refractivity contribution in [1.29, 1.82) is 0 Å². The third kappa shape index (κ3) is 3.81. The van der Waals surface area contributed by atoms with E-state index in [0.29, 0.717) is 17.9 Å². The van der Waals surface area contributed by atoms with E-state index < -0.39 is 0 Å². The number of anilines is 1. The summed E-state index contributed by atoms with van der Waals surface area (Å²) in [6, 6.07) is 3.53. The molecule has 2 heterocycles. The molecule has 20 heavy (non-hydrogen) atoms. The molecule has 0 saturated carbocycles. The second-order valence-corrected chi connectivity index (χ2v) is 4.53. The first-order chi connectivity index (χ1) is 9.69. The molecule has 0 bridgehead atoms. The Morgan fingerprint density at radius 2 is 2.25 bits per heavy atom. The average Bonchev–Trinajstić information content (AvgIpc) is 2.95. The summed E-state index contributed by atoms with van der Waals surface area (Å²) in [5.41, 5.74) is 1.44. The number of aryl methyl sites for hydroxylation is 2. The summed E-state index contributed by atoms with van der Waals surface area (Å²) in [6.07, 6.45) is 5.20. The van der Waals surface area contributed by atoms with E-state index in [4.69, 9.17) is 0 Å². The second-order valence-electron chi connectivity index (χ2n) is 4.53. The van der Waals surface area contributed by atoms with Gasteiger partial charge in [0.2, 0.25) is 0 Å². The highest BCUT2D eigenvalue weighted by atomic mass is 16.1. The third-order valence-corrected chi connectivity index (χ3v) is 2.90. The molecule has 2 rings (SSSR count). The first-order valence-electron chi connectivity index (χ1n) is 6.62. The molecule has 0 unspecified atom stereocenters. The summed E-state index contributed by atoms with van der Waals surface area (Å²) in [7, 11) is 1.78. The van der Waals surface area contributed by atoms with Crippen LogP contribution in [-0.4, -0.2) is 34.5 Å². The standard InChI is InChI=1S/C14H19N5O/c1-10-8-11(9-13(15-2)19-10)14(20)18-5-3-4-12-16-6-7-17-12/h6-9H,3-5H2,1-2H3,(H,15,19)(H,16,17)(H,18,20). The minimum Gasteiger partial charge on any atom is -0.373 e. The number of carbonyl (C=O) groups excluding carboxylic acids is 1. The van der Waals surface area contributed by atoms with Crippen molar-refractivity contribution in [3.8, 4) is 0 Å². The lowest BCUT2D eigenvalue weighted by Crippen LogP contribution is -2.25. The summed E-state index contributed by atoms with van der Waals surface area (Å²) < 4.78 is 0. The highest BCUT2D eigenvalue weighted by molar-refractivity contribution is 5.94. The number of hydrogen-bond donors (Lipinski definition) is 3. The Morgan fingerprint density at radius 1 is 1.40 bits per heavy atom. The van der Waals surface area contributed by atoms with Gasteiger partial charge in [0, 0.05) is 43.7 Å². The van der Waals surface area contributed by atoms with Crippen LogP contribution >= 0.6 is 0 Å². The molecule has 0 saturated heterocycles. The Hall–Kier alpha value is -2.37. The number of imidazole rings is 1. The number of H-pyrrole nitrogens is 1. The van der Waals surface area contributed by atoms with Crippen LogP contribution < -0.4 is 10.6 Å². The molecule has 6 heteroatoms. The van der Waals surface area contributed by atoms with Crippen LogP contribution in [0.3, 0.4) is 0 Å². The van der Waals surface area contributed by atoms with Gasteiger partial charge in [0.1, 0.15) is 11.6 Å². The van der Waals surface area contributed by atoms with Gasteiger partial charge in [-0.25, -0.2) is 9.97 Å². The fourth-order valence-electron chi connectivity index (χ4n) is 1.92. The van der Waals surface area contributed by atoms with Gasteiger partial charge in [-0.05, 0) is 25.5 Å². The quantitative estimate of drug-likeness (QED) is 0.697. The summed E-state index contributed by atoms with van der Waals surface area (Å²) in [6.45, 7) is 2.49. The first-order valence-corrected chi connectivity index (χ1v) is 6.62. The van der Waals surface area contributed by atoms with Crippen LogP contribution in [-0.2, 0) is 6.42 Å². The van der Waals surface area contributed by atoms with Crippen LogP contribution in [0.25, 0.3) is 0 Å². The largest absolute Gasteiger partial charge is 0.373 e. The topological polar surface area (TPSA) is 82.7 Å². The number of pyridine rings is 1. The Morgan fingerprint density at radius 3 is 2.95 bits per heavy atom. The maximum absolute atomic E-state index is 12.0. The Bertz CT molecular complexity index is 565. The van der Waals surface area contributed by atoms with Crippen LogP contribution in [0.5, 0.6) is 0 Å². The van der Waals surface area contributed by atoms with Crippen molar-refractivity contribution in [3.63, 3.8) is 0 Å². The van der Waals surface area contributed by atoms with Gasteiger partial charge in [-0.1, -0.05) is 0 Å². The maximum Gasteiger partial charge on any atom is 0.251 e. The van der Waals surface area contributed by atoms with Crippen LogP contribution in [0.15, 0.2) is 24.5 Å². The van der Waals surface area contributed by atoms with E-state index in [2.05, 4.69) is 25.6 Å². The molecule has 2 aromatic heterocycles. The summed E-state index contributed by atoms with van der Waals surface area (Å²) >= 11 is 0. The van der Waals surface area contributed by atoms with E-state index in [9.17, 15) is 4.79 Å². The van der Waals surface area contributed by atoms with Crippen LogP contribution in [0.1, 0.15) is 28.3 Å². The van der Waals surface area contributed by atoms with E-state index in [1.807, 2.05) is 6.92 Å². The Kier molecular flexibility index (Phi) is 4.70.